The Morgan fingerprint density at radius 2 is 2.11 bits per heavy atom. The molecule has 1 atom stereocenters. The zero-order chi connectivity index (χ0) is 13.7. The fourth-order valence-electron chi connectivity index (χ4n) is 1.48. The first-order valence-electron chi connectivity index (χ1n) is 5.35. The molecule has 6 heteroatoms. The first kappa shape index (κ1) is 15.0. The third kappa shape index (κ3) is 5.06. The first-order chi connectivity index (χ1) is 8.38. The van der Waals surface area contributed by atoms with Crippen LogP contribution in [0.2, 0.25) is 5.02 Å². The summed E-state index contributed by atoms with van der Waals surface area (Å²) in [5.74, 6) is -1.36. The second kappa shape index (κ2) is 6.75. The maximum atomic E-state index is 11.7. The van der Waals surface area contributed by atoms with Crippen molar-refractivity contribution >= 4 is 45.1 Å². The number of amides is 1. The van der Waals surface area contributed by atoms with Gasteiger partial charge in [0.2, 0.25) is 5.91 Å². The van der Waals surface area contributed by atoms with Gasteiger partial charge in [0.05, 0.1) is 10.7 Å². The molecule has 98 valence electrons. The van der Waals surface area contributed by atoms with Crippen LogP contribution in [-0.4, -0.2) is 17.0 Å². The average Bonchev–Trinajstić information content (AvgIpc) is 2.20. The molecule has 1 amide bonds. The molecule has 0 fully saturated rings. The number of benzene rings is 1. The van der Waals surface area contributed by atoms with Crippen molar-refractivity contribution in [2.45, 2.75) is 19.8 Å². The summed E-state index contributed by atoms with van der Waals surface area (Å²) < 4.78 is 0.824. The maximum absolute atomic E-state index is 11.7. The van der Waals surface area contributed by atoms with Crippen molar-refractivity contribution in [1.29, 1.82) is 0 Å². The predicted octanol–water partition coefficient (Wildman–Crippen LogP) is 3.54. The van der Waals surface area contributed by atoms with Crippen LogP contribution in [0, 0.1) is 5.92 Å². The van der Waals surface area contributed by atoms with Crippen LogP contribution in [0.25, 0.3) is 0 Å². The van der Waals surface area contributed by atoms with E-state index in [-0.39, 0.29) is 24.7 Å². The van der Waals surface area contributed by atoms with Crippen LogP contribution in [0.4, 0.5) is 5.69 Å². The van der Waals surface area contributed by atoms with Crippen LogP contribution >= 0.6 is 27.5 Å². The Hall–Kier alpha value is -1.07. The number of anilines is 1. The highest BCUT2D eigenvalue weighted by Crippen LogP contribution is 2.26. The van der Waals surface area contributed by atoms with E-state index in [4.69, 9.17) is 16.7 Å². The molecule has 1 rings (SSSR count). The van der Waals surface area contributed by atoms with Crippen LogP contribution in [0.15, 0.2) is 22.7 Å². The molecule has 1 aromatic carbocycles. The fraction of sp³-hybridized carbons (Fsp3) is 0.333. The molecule has 0 aromatic heterocycles. The molecule has 1 aromatic rings. The Bertz CT molecular complexity index is 465. The molecule has 0 saturated carbocycles. The quantitative estimate of drug-likeness (QED) is 0.865. The van der Waals surface area contributed by atoms with E-state index in [1.54, 1.807) is 25.1 Å². The van der Waals surface area contributed by atoms with Crippen molar-refractivity contribution in [2.75, 3.05) is 5.32 Å². The third-order valence-corrected chi connectivity index (χ3v) is 3.07. The summed E-state index contributed by atoms with van der Waals surface area (Å²) in [6.45, 7) is 1.72. The molecule has 1 unspecified atom stereocenters. The molecular weight excluding hydrogens is 321 g/mol. The highest BCUT2D eigenvalue weighted by atomic mass is 79.9. The first-order valence-corrected chi connectivity index (χ1v) is 6.52. The Kier molecular flexibility index (Phi) is 5.62. The van der Waals surface area contributed by atoms with Crippen LogP contribution < -0.4 is 5.32 Å². The van der Waals surface area contributed by atoms with E-state index in [2.05, 4.69) is 21.2 Å². The molecule has 2 N–H and O–H groups in total. The summed E-state index contributed by atoms with van der Waals surface area (Å²) in [6, 6.07) is 5.13. The zero-order valence-corrected chi connectivity index (χ0v) is 12.1. The van der Waals surface area contributed by atoms with Crippen LogP contribution in [0.3, 0.4) is 0 Å². The van der Waals surface area contributed by atoms with Crippen molar-refractivity contribution in [2.24, 2.45) is 5.92 Å². The molecule has 18 heavy (non-hydrogen) atoms. The predicted molar refractivity (Wildman–Crippen MR) is 73.8 cm³/mol. The minimum absolute atomic E-state index is 0.0263. The number of hydrogen-bond donors (Lipinski definition) is 2. The minimum Gasteiger partial charge on any atom is -0.481 e. The van der Waals surface area contributed by atoms with Crippen LogP contribution in [-0.2, 0) is 9.59 Å². The molecular formula is C12H13BrClNO3. The Morgan fingerprint density at radius 1 is 1.44 bits per heavy atom. The lowest BCUT2D eigenvalue weighted by molar-refractivity contribution is -0.138. The van der Waals surface area contributed by atoms with Gasteiger partial charge < -0.3 is 10.4 Å². The Labute approximate surface area is 118 Å². The van der Waals surface area contributed by atoms with Gasteiger partial charge in [-0.3, -0.25) is 9.59 Å². The van der Waals surface area contributed by atoms with Gasteiger partial charge in [0.1, 0.15) is 0 Å². The Morgan fingerprint density at radius 3 is 2.67 bits per heavy atom. The van der Waals surface area contributed by atoms with Gasteiger partial charge in [-0.05, 0) is 24.1 Å². The monoisotopic (exact) mass is 333 g/mol. The van der Waals surface area contributed by atoms with Crippen LogP contribution in [0.1, 0.15) is 19.8 Å². The van der Waals surface area contributed by atoms with Gasteiger partial charge >= 0.3 is 5.97 Å². The van der Waals surface area contributed by atoms with E-state index < -0.39 is 5.97 Å². The topological polar surface area (TPSA) is 66.4 Å². The van der Waals surface area contributed by atoms with E-state index in [0.29, 0.717) is 10.7 Å². The van der Waals surface area contributed by atoms with Crippen molar-refractivity contribution in [1.82, 2.24) is 0 Å². The largest absolute Gasteiger partial charge is 0.481 e. The number of nitrogens with one attached hydrogen (secondary N) is 1. The molecule has 0 aliphatic rings. The minimum atomic E-state index is -0.906. The van der Waals surface area contributed by atoms with Gasteiger partial charge in [-0.25, -0.2) is 0 Å². The number of carbonyl (C=O) groups is 2. The second-order valence-corrected chi connectivity index (χ2v) is 5.40. The highest BCUT2D eigenvalue weighted by molar-refractivity contribution is 9.10. The van der Waals surface area contributed by atoms with Crippen molar-refractivity contribution < 1.29 is 14.7 Å². The van der Waals surface area contributed by atoms with Crippen molar-refractivity contribution in [3.63, 3.8) is 0 Å². The summed E-state index contributed by atoms with van der Waals surface area (Å²) in [7, 11) is 0. The number of carbonyl (C=O) groups excluding carboxylic acids is 1. The van der Waals surface area contributed by atoms with Crippen molar-refractivity contribution in [3.05, 3.63) is 27.7 Å². The SMILES string of the molecule is CC(CC(=O)O)CC(=O)Nc1ccc(Br)cc1Cl. The molecule has 0 spiro atoms. The number of aliphatic carboxylic acids is 1. The van der Waals surface area contributed by atoms with Gasteiger partial charge in [0.15, 0.2) is 0 Å². The number of halogens is 2. The van der Waals surface area contributed by atoms with Gasteiger partial charge in [-0.1, -0.05) is 34.5 Å². The molecule has 0 bridgehead atoms. The number of carboxylic acid groups (broad SMARTS) is 1. The summed E-state index contributed by atoms with van der Waals surface area (Å²) >= 11 is 9.22. The standard InChI is InChI=1S/C12H13BrClNO3/c1-7(5-12(17)18)4-11(16)15-10-3-2-8(13)6-9(10)14/h2-3,6-7H,4-5H2,1H3,(H,15,16)(H,17,18). The average molecular weight is 335 g/mol. The third-order valence-electron chi connectivity index (χ3n) is 2.26. The molecule has 4 nitrogen and oxygen atoms in total. The summed E-state index contributed by atoms with van der Waals surface area (Å²) in [6.07, 6.45) is 0.125. The highest BCUT2D eigenvalue weighted by Gasteiger charge is 2.13. The summed E-state index contributed by atoms with van der Waals surface area (Å²) in [5.41, 5.74) is 0.521. The second-order valence-electron chi connectivity index (χ2n) is 4.08. The van der Waals surface area contributed by atoms with Crippen LogP contribution in [0.5, 0.6) is 0 Å². The zero-order valence-electron chi connectivity index (χ0n) is 9.74. The van der Waals surface area contributed by atoms with E-state index in [9.17, 15) is 9.59 Å². The van der Waals surface area contributed by atoms with E-state index in [0.717, 1.165) is 4.47 Å². The fourth-order valence-corrected chi connectivity index (χ4v) is 2.20. The molecule has 0 aliphatic heterocycles. The van der Waals surface area contributed by atoms with E-state index >= 15 is 0 Å². The van der Waals surface area contributed by atoms with Gasteiger partial charge in [-0.2, -0.15) is 0 Å². The lowest BCUT2D eigenvalue weighted by Crippen LogP contribution is -2.17. The summed E-state index contributed by atoms with van der Waals surface area (Å²) in [4.78, 5) is 22.2. The van der Waals surface area contributed by atoms with E-state index in [1.807, 2.05) is 0 Å². The van der Waals surface area contributed by atoms with Gasteiger partial charge in [-0.15, -0.1) is 0 Å². The van der Waals surface area contributed by atoms with Gasteiger partial charge in [0.25, 0.3) is 0 Å². The molecule has 0 radical (unpaired) electrons. The Balaban J connectivity index is 2.56. The summed E-state index contributed by atoms with van der Waals surface area (Å²) in [5, 5.41) is 11.7. The van der Waals surface area contributed by atoms with Crippen molar-refractivity contribution in [3.8, 4) is 0 Å². The lowest BCUT2D eigenvalue weighted by atomic mass is 10.0. The molecule has 0 heterocycles. The maximum Gasteiger partial charge on any atom is 0.303 e. The molecule has 0 aliphatic carbocycles. The number of carboxylic acids is 1. The lowest BCUT2D eigenvalue weighted by Gasteiger charge is -2.10. The smallest absolute Gasteiger partial charge is 0.303 e. The normalized spacial score (nSPS) is 11.9. The van der Waals surface area contributed by atoms with E-state index in [1.165, 1.54) is 0 Å². The number of hydrogen-bond acceptors (Lipinski definition) is 2. The number of rotatable bonds is 5. The van der Waals surface area contributed by atoms with Gasteiger partial charge in [0, 0.05) is 17.3 Å². The molecule has 0 saturated heterocycles.